The molecule has 0 aliphatic rings. The van der Waals surface area contributed by atoms with Crippen LogP contribution in [0.1, 0.15) is 28.8 Å². The third-order valence-electron chi connectivity index (χ3n) is 3.23. The van der Waals surface area contributed by atoms with Gasteiger partial charge in [0.2, 0.25) is 5.91 Å². The number of amides is 2. The predicted octanol–water partition coefficient (Wildman–Crippen LogP) is 2.32. The van der Waals surface area contributed by atoms with Gasteiger partial charge in [0.15, 0.2) is 0 Å². The van der Waals surface area contributed by atoms with Crippen LogP contribution in [0.25, 0.3) is 0 Å². The highest BCUT2D eigenvalue weighted by atomic mass is 16.2. The number of pyridine rings is 1. The number of nitrogens with two attached hydrogens (primary N) is 1. The second kappa shape index (κ2) is 8.05. The van der Waals surface area contributed by atoms with Gasteiger partial charge in [0.1, 0.15) is 0 Å². The predicted molar refractivity (Wildman–Crippen MR) is 90.3 cm³/mol. The molecule has 23 heavy (non-hydrogen) atoms. The van der Waals surface area contributed by atoms with E-state index in [4.69, 9.17) is 5.73 Å². The Balaban J connectivity index is 2.15. The minimum atomic E-state index is -0.278. The maximum atomic E-state index is 12.2. The highest BCUT2D eigenvalue weighted by molar-refractivity contribution is 6.07. The Morgan fingerprint density at radius 2 is 2.00 bits per heavy atom. The maximum absolute atomic E-state index is 12.2. The van der Waals surface area contributed by atoms with Gasteiger partial charge in [-0.25, -0.2) is 0 Å². The summed E-state index contributed by atoms with van der Waals surface area (Å²) in [6.45, 7) is 2.38. The van der Waals surface area contributed by atoms with E-state index in [9.17, 15) is 9.59 Å². The van der Waals surface area contributed by atoms with E-state index >= 15 is 0 Å². The van der Waals surface area contributed by atoms with Gasteiger partial charge >= 0.3 is 0 Å². The summed E-state index contributed by atoms with van der Waals surface area (Å²) >= 11 is 0. The summed E-state index contributed by atoms with van der Waals surface area (Å²) in [7, 11) is 0. The van der Waals surface area contributed by atoms with Crippen molar-refractivity contribution < 1.29 is 9.59 Å². The first-order valence-corrected chi connectivity index (χ1v) is 7.42. The lowest BCUT2D eigenvalue weighted by Crippen LogP contribution is -2.17. The third-order valence-corrected chi connectivity index (χ3v) is 3.23. The average Bonchev–Trinajstić information content (AvgIpc) is 2.56. The lowest BCUT2D eigenvalue weighted by molar-refractivity contribution is -0.116. The lowest BCUT2D eigenvalue weighted by atomic mass is 10.1. The molecule has 0 aliphatic carbocycles. The molecule has 1 aromatic carbocycles. The van der Waals surface area contributed by atoms with Crippen molar-refractivity contribution in [3.05, 3.63) is 53.9 Å². The Labute approximate surface area is 135 Å². The number of benzene rings is 1. The van der Waals surface area contributed by atoms with Gasteiger partial charge in [-0.2, -0.15) is 0 Å². The molecular formula is C17H20N4O2. The molecule has 0 saturated heterocycles. The van der Waals surface area contributed by atoms with E-state index < -0.39 is 0 Å². The quantitative estimate of drug-likeness (QED) is 0.762. The van der Waals surface area contributed by atoms with E-state index in [1.807, 2.05) is 19.1 Å². The summed E-state index contributed by atoms with van der Waals surface area (Å²) in [5.74, 6) is -0.405. The standard InChI is InChI=1S/C17H20N4O2/c1-12-6-7-14(15(10-12)20-16(22)5-2-8-18)21-17(23)13-4-3-9-19-11-13/h3-4,6-7,9-11H,2,5,8,18H2,1H3,(H,20,22)(H,21,23). The molecule has 0 radical (unpaired) electrons. The summed E-state index contributed by atoms with van der Waals surface area (Å²) < 4.78 is 0. The number of nitrogens with one attached hydrogen (secondary N) is 2. The smallest absolute Gasteiger partial charge is 0.257 e. The highest BCUT2D eigenvalue weighted by Crippen LogP contribution is 2.24. The van der Waals surface area contributed by atoms with E-state index in [0.29, 0.717) is 36.3 Å². The molecule has 1 heterocycles. The van der Waals surface area contributed by atoms with Crippen LogP contribution in [0.5, 0.6) is 0 Å². The first kappa shape index (κ1) is 16.6. The SMILES string of the molecule is Cc1ccc(NC(=O)c2cccnc2)c(NC(=O)CCCN)c1. The van der Waals surface area contributed by atoms with Crippen LogP contribution in [-0.4, -0.2) is 23.3 Å². The molecule has 2 rings (SSSR count). The second-order valence-electron chi connectivity index (χ2n) is 5.19. The molecule has 0 aliphatic heterocycles. The number of aromatic nitrogens is 1. The molecule has 1 aromatic heterocycles. The number of carbonyl (C=O) groups excluding carboxylic acids is 2. The second-order valence-corrected chi connectivity index (χ2v) is 5.19. The first-order chi connectivity index (χ1) is 11.1. The van der Waals surface area contributed by atoms with Gasteiger partial charge in [0, 0.05) is 18.8 Å². The molecule has 0 bridgehead atoms. The van der Waals surface area contributed by atoms with E-state index in [0.717, 1.165) is 5.56 Å². The topological polar surface area (TPSA) is 97.1 Å². The first-order valence-electron chi connectivity index (χ1n) is 7.42. The fourth-order valence-electron chi connectivity index (χ4n) is 2.04. The van der Waals surface area contributed by atoms with E-state index in [-0.39, 0.29) is 11.8 Å². The summed E-state index contributed by atoms with van der Waals surface area (Å²) in [5.41, 5.74) is 7.97. The van der Waals surface area contributed by atoms with Crippen LogP contribution in [0.4, 0.5) is 11.4 Å². The Morgan fingerprint density at radius 1 is 1.17 bits per heavy atom. The van der Waals surface area contributed by atoms with Crippen LogP contribution in [0.3, 0.4) is 0 Å². The molecule has 0 fully saturated rings. The largest absolute Gasteiger partial charge is 0.330 e. The Morgan fingerprint density at radius 3 is 2.70 bits per heavy atom. The normalized spacial score (nSPS) is 10.2. The number of carbonyl (C=O) groups is 2. The zero-order chi connectivity index (χ0) is 16.7. The molecule has 0 atom stereocenters. The Kier molecular flexibility index (Phi) is 5.82. The third kappa shape index (κ3) is 4.89. The molecule has 4 N–H and O–H groups in total. The molecule has 0 spiro atoms. The highest BCUT2D eigenvalue weighted by Gasteiger charge is 2.11. The number of rotatable bonds is 6. The molecule has 2 aromatic rings. The summed E-state index contributed by atoms with van der Waals surface area (Å²) in [4.78, 5) is 28.1. The minimum Gasteiger partial charge on any atom is -0.330 e. The fourth-order valence-corrected chi connectivity index (χ4v) is 2.04. The van der Waals surface area contributed by atoms with Crippen LogP contribution in [0, 0.1) is 6.92 Å². The van der Waals surface area contributed by atoms with Crippen LogP contribution in [-0.2, 0) is 4.79 Å². The fraction of sp³-hybridized carbons (Fsp3) is 0.235. The van der Waals surface area contributed by atoms with Gasteiger partial charge in [0.25, 0.3) is 5.91 Å². The molecule has 0 unspecified atom stereocenters. The zero-order valence-electron chi connectivity index (χ0n) is 13.0. The summed E-state index contributed by atoms with van der Waals surface area (Å²) in [6.07, 6.45) is 4.06. The van der Waals surface area contributed by atoms with Crippen molar-refractivity contribution in [2.75, 3.05) is 17.2 Å². The zero-order valence-corrected chi connectivity index (χ0v) is 13.0. The van der Waals surface area contributed by atoms with Gasteiger partial charge in [-0.1, -0.05) is 6.07 Å². The molecule has 0 saturated carbocycles. The van der Waals surface area contributed by atoms with Crippen LogP contribution in [0.15, 0.2) is 42.7 Å². The van der Waals surface area contributed by atoms with E-state index in [1.54, 1.807) is 24.4 Å². The van der Waals surface area contributed by atoms with Crippen molar-refractivity contribution in [2.24, 2.45) is 5.73 Å². The van der Waals surface area contributed by atoms with Gasteiger partial charge < -0.3 is 16.4 Å². The van der Waals surface area contributed by atoms with E-state index in [1.165, 1.54) is 6.20 Å². The number of aryl methyl sites for hydroxylation is 1. The van der Waals surface area contributed by atoms with Gasteiger partial charge in [-0.15, -0.1) is 0 Å². The van der Waals surface area contributed by atoms with Crippen molar-refractivity contribution in [2.45, 2.75) is 19.8 Å². The van der Waals surface area contributed by atoms with Crippen molar-refractivity contribution >= 4 is 23.2 Å². The molecular weight excluding hydrogens is 292 g/mol. The van der Waals surface area contributed by atoms with Gasteiger partial charge in [-0.3, -0.25) is 14.6 Å². The monoisotopic (exact) mass is 312 g/mol. The number of hydrogen-bond acceptors (Lipinski definition) is 4. The van der Waals surface area contributed by atoms with Crippen LogP contribution >= 0.6 is 0 Å². The van der Waals surface area contributed by atoms with Gasteiger partial charge in [0.05, 0.1) is 16.9 Å². The molecule has 2 amide bonds. The average molecular weight is 312 g/mol. The lowest BCUT2D eigenvalue weighted by Gasteiger charge is -2.13. The van der Waals surface area contributed by atoms with E-state index in [2.05, 4.69) is 15.6 Å². The minimum absolute atomic E-state index is 0.127. The maximum Gasteiger partial charge on any atom is 0.257 e. The van der Waals surface area contributed by atoms with Crippen molar-refractivity contribution in [1.82, 2.24) is 4.98 Å². The van der Waals surface area contributed by atoms with Crippen molar-refractivity contribution in [3.8, 4) is 0 Å². The number of hydrogen-bond donors (Lipinski definition) is 3. The van der Waals surface area contributed by atoms with Crippen LogP contribution in [0.2, 0.25) is 0 Å². The Hall–Kier alpha value is -2.73. The number of nitrogens with zero attached hydrogens (tertiary/aromatic N) is 1. The molecule has 6 nitrogen and oxygen atoms in total. The van der Waals surface area contributed by atoms with Gasteiger partial charge in [-0.05, 0) is 49.7 Å². The molecule has 120 valence electrons. The van der Waals surface area contributed by atoms with Crippen molar-refractivity contribution in [1.29, 1.82) is 0 Å². The van der Waals surface area contributed by atoms with Crippen LogP contribution < -0.4 is 16.4 Å². The Bertz CT molecular complexity index is 686. The molecule has 6 heteroatoms. The van der Waals surface area contributed by atoms with Crippen molar-refractivity contribution in [3.63, 3.8) is 0 Å². The summed E-state index contributed by atoms with van der Waals surface area (Å²) in [5, 5.41) is 5.62. The summed E-state index contributed by atoms with van der Waals surface area (Å²) in [6, 6.07) is 8.82. The number of anilines is 2.